The van der Waals surface area contributed by atoms with Crippen LogP contribution in [0.3, 0.4) is 0 Å². The molecule has 0 saturated heterocycles. The van der Waals surface area contributed by atoms with Crippen LogP contribution >= 0.6 is 11.6 Å². The number of benzene rings is 1. The predicted molar refractivity (Wildman–Crippen MR) is 87.8 cm³/mol. The number of alkyl halides is 1. The summed E-state index contributed by atoms with van der Waals surface area (Å²) in [4.78, 5) is 24.5. The number of methoxy groups -OCH3 is 1. The molecule has 0 bridgehead atoms. The summed E-state index contributed by atoms with van der Waals surface area (Å²) in [6.07, 6.45) is 0.726. The molecule has 1 amide bonds. The summed E-state index contributed by atoms with van der Waals surface area (Å²) in [5.74, 6) is -0.951. The molecule has 0 radical (unpaired) electrons. The SMILES string of the molecule is CCC(C)C(C)(NC(=O)C(Cl)c1ccc(C)cc1)C(=O)OC. The molecule has 0 fully saturated rings. The third-order valence-corrected chi connectivity index (χ3v) is 4.64. The van der Waals surface area contributed by atoms with Gasteiger partial charge >= 0.3 is 5.97 Å². The molecule has 122 valence electrons. The molecule has 0 aliphatic heterocycles. The van der Waals surface area contributed by atoms with Gasteiger partial charge in [-0.25, -0.2) is 4.79 Å². The van der Waals surface area contributed by atoms with E-state index in [9.17, 15) is 9.59 Å². The normalized spacial score (nSPS) is 16.3. The summed E-state index contributed by atoms with van der Waals surface area (Å²) in [6, 6.07) is 7.41. The van der Waals surface area contributed by atoms with Crippen LogP contribution in [0.15, 0.2) is 24.3 Å². The number of amides is 1. The first-order chi connectivity index (χ1) is 10.3. The van der Waals surface area contributed by atoms with Gasteiger partial charge in [0.15, 0.2) is 0 Å². The van der Waals surface area contributed by atoms with Gasteiger partial charge in [0.25, 0.3) is 0 Å². The van der Waals surface area contributed by atoms with Gasteiger partial charge in [0.1, 0.15) is 10.9 Å². The number of hydrogen-bond acceptors (Lipinski definition) is 3. The highest BCUT2D eigenvalue weighted by Gasteiger charge is 2.41. The lowest BCUT2D eigenvalue weighted by Gasteiger charge is -2.34. The average Bonchev–Trinajstić information content (AvgIpc) is 2.52. The smallest absolute Gasteiger partial charge is 0.331 e. The van der Waals surface area contributed by atoms with Crippen molar-refractivity contribution in [2.75, 3.05) is 7.11 Å². The highest BCUT2D eigenvalue weighted by Crippen LogP contribution is 2.26. The van der Waals surface area contributed by atoms with E-state index in [4.69, 9.17) is 16.3 Å². The van der Waals surface area contributed by atoms with Crippen LogP contribution in [0.1, 0.15) is 43.7 Å². The van der Waals surface area contributed by atoms with Crippen molar-refractivity contribution >= 4 is 23.5 Å². The van der Waals surface area contributed by atoms with Crippen LogP contribution in [-0.2, 0) is 14.3 Å². The van der Waals surface area contributed by atoms with E-state index in [2.05, 4.69) is 5.32 Å². The van der Waals surface area contributed by atoms with Crippen LogP contribution in [0.2, 0.25) is 0 Å². The Morgan fingerprint density at radius 3 is 2.32 bits per heavy atom. The Balaban J connectivity index is 2.95. The number of esters is 1. The Morgan fingerprint density at radius 2 is 1.86 bits per heavy atom. The summed E-state index contributed by atoms with van der Waals surface area (Å²) in [5, 5.41) is 1.91. The fourth-order valence-electron chi connectivity index (χ4n) is 2.20. The fourth-order valence-corrected chi connectivity index (χ4v) is 2.40. The lowest BCUT2D eigenvalue weighted by molar-refractivity contribution is -0.152. The third-order valence-electron chi connectivity index (χ3n) is 4.19. The first-order valence-corrected chi connectivity index (χ1v) is 7.81. The maximum absolute atomic E-state index is 12.4. The molecule has 0 saturated carbocycles. The standard InChI is InChI=1S/C17H24ClNO3/c1-6-12(3)17(4,16(21)22-5)19-15(20)14(18)13-9-7-11(2)8-10-13/h7-10,12,14H,6H2,1-5H3,(H,19,20). The highest BCUT2D eigenvalue weighted by molar-refractivity contribution is 6.31. The lowest BCUT2D eigenvalue weighted by Crippen LogP contribution is -2.57. The van der Waals surface area contributed by atoms with Gasteiger partial charge in [0.2, 0.25) is 5.91 Å². The first-order valence-electron chi connectivity index (χ1n) is 7.37. The minimum absolute atomic E-state index is 0.0780. The third kappa shape index (κ3) is 4.01. The summed E-state index contributed by atoms with van der Waals surface area (Å²) in [7, 11) is 1.31. The molecule has 1 aromatic rings. The molecule has 1 aromatic carbocycles. The van der Waals surface area contributed by atoms with Crippen LogP contribution in [0.4, 0.5) is 0 Å². The molecule has 0 aliphatic rings. The van der Waals surface area contributed by atoms with Crippen LogP contribution in [0.5, 0.6) is 0 Å². The molecule has 22 heavy (non-hydrogen) atoms. The topological polar surface area (TPSA) is 55.4 Å². The number of nitrogens with one attached hydrogen (secondary N) is 1. The fraction of sp³-hybridized carbons (Fsp3) is 0.529. The number of rotatable bonds is 6. The van der Waals surface area contributed by atoms with Gasteiger partial charge in [-0.05, 0) is 25.3 Å². The van der Waals surface area contributed by atoms with Gasteiger partial charge in [-0.1, -0.05) is 50.1 Å². The van der Waals surface area contributed by atoms with E-state index in [1.807, 2.05) is 45.0 Å². The lowest BCUT2D eigenvalue weighted by atomic mass is 9.84. The number of halogens is 1. The molecule has 3 unspecified atom stereocenters. The zero-order valence-electron chi connectivity index (χ0n) is 13.8. The van der Waals surface area contributed by atoms with Crippen molar-refractivity contribution in [1.29, 1.82) is 0 Å². The van der Waals surface area contributed by atoms with Crippen molar-refractivity contribution in [3.8, 4) is 0 Å². The van der Waals surface area contributed by atoms with Crippen molar-refractivity contribution in [1.82, 2.24) is 5.32 Å². The quantitative estimate of drug-likeness (QED) is 0.644. The summed E-state index contributed by atoms with van der Waals surface area (Å²) < 4.78 is 4.84. The Labute approximate surface area is 137 Å². The maximum atomic E-state index is 12.4. The van der Waals surface area contributed by atoms with Crippen molar-refractivity contribution in [2.24, 2.45) is 5.92 Å². The van der Waals surface area contributed by atoms with Gasteiger partial charge in [0, 0.05) is 0 Å². The van der Waals surface area contributed by atoms with Gasteiger partial charge < -0.3 is 10.1 Å². The highest BCUT2D eigenvalue weighted by atomic mass is 35.5. The number of hydrogen-bond donors (Lipinski definition) is 1. The number of carbonyl (C=O) groups excluding carboxylic acids is 2. The molecular weight excluding hydrogens is 302 g/mol. The minimum atomic E-state index is -1.10. The maximum Gasteiger partial charge on any atom is 0.331 e. The number of aryl methyl sites for hydroxylation is 1. The second kappa shape index (κ2) is 7.63. The van der Waals surface area contributed by atoms with E-state index in [0.29, 0.717) is 5.56 Å². The van der Waals surface area contributed by atoms with Gasteiger partial charge in [0.05, 0.1) is 7.11 Å². The Bertz CT molecular complexity index is 529. The number of carbonyl (C=O) groups is 2. The van der Waals surface area contributed by atoms with Crippen molar-refractivity contribution in [3.63, 3.8) is 0 Å². The van der Waals surface area contributed by atoms with E-state index in [1.165, 1.54) is 7.11 Å². The van der Waals surface area contributed by atoms with Crippen LogP contribution in [0.25, 0.3) is 0 Å². The summed E-state index contributed by atoms with van der Waals surface area (Å²) in [6.45, 7) is 7.48. The average molecular weight is 326 g/mol. The van der Waals surface area contributed by atoms with Gasteiger partial charge in [-0.3, -0.25) is 4.79 Å². The molecule has 0 aromatic heterocycles. The molecule has 0 aliphatic carbocycles. The molecular formula is C17H24ClNO3. The second-order valence-electron chi connectivity index (χ2n) is 5.77. The molecule has 5 heteroatoms. The summed E-state index contributed by atoms with van der Waals surface area (Å²) in [5.41, 5.74) is 0.687. The Kier molecular flexibility index (Phi) is 6.42. The molecule has 1 N–H and O–H groups in total. The van der Waals surface area contributed by atoms with E-state index in [0.717, 1.165) is 12.0 Å². The second-order valence-corrected chi connectivity index (χ2v) is 6.20. The molecule has 1 rings (SSSR count). The van der Waals surface area contributed by atoms with Crippen molar-refractivity contribution in [2.45, 2.75) is 45.0 Å². The molecule has 3 atom stereocenters. The van der Waals surface area contributed by atoms with Crippen LogP contribution < -0.4 is 5.32 Å². The van der Waals surface area contributed by atoms with Gasteiger partial charge in [-0.15, -0.1) is 11.6 Å². The number of ether oxygens (including phenoxy) is 1. The monoisotopic (exact) mass is 325 g/mol. The predicted octanol–water partition coefficient (Wildman–Crippen LogP) is 3.37. The first kappa shape index (κ1) is 18.5. The zero-order valence-corrected chi connectivity index (χ0v) is 14.5. The van der Waals surface area contributed by atoms with Gasteiger partial charge in [-0.2, -0.15) is 0 Å². The molecule has 0 heterocycles. The minimum Gasteiger partial charge on any atom is -0.467 e. The van der Waals surface area contributed by atoms with E-state index < -0.39 is 22.8 Å². The van der Waals surface area contributed by atoms with Crippen LogP contribution in [0, 0.1) is 12.8 Å². The summed E-state index contributed by atoms with van der Waals surface area (Å²) >= 11 is 6.25. The van der Waals surface area contributed by atoms with Crippen molar-refractivity contribution in [3.05, 3.63) is 35.4 Å². The molecule has 0 spiro atoms. The van der Waals surface area contributed by atoms with E-state index >= 15 is 0 Å². The van der Waals surface area contributed by atoms with Crippen LogP contribution in [-0.4, -0.2) is 24.5 Å². The van der Waals surface area contributed by atoms with Crippen molar-refractivity contribution < 1.29 is 14.3 Å². The van der Waals surface area contributed by atoms with E-state index in [1.54, 1.807) is 6.92 Å². The Hall–Kier alpha value is -1.55. The zero-order chi connectivity index (χ0) is 16.9. The van der Waals surface area contributed by atoms with E-state index in [-0.39, 0.29) is 5.92 Å². The molecule has 4 nitrogen and oxygen atoms in total. The largest absolute Gasteiger partial charge is 0.467 e. The Morgan fingerprint density at radius 1 is 1.32 bits per heavy atom.